The minimum Gasteiger partial charge on any atom is -0.324 e. The molecular formula is C20H19ClN6S2. The molecule has 1 aromatic heterocycles. The van der Waals surface area contributed by atoms with E-state index in [1.165, 1.54) is 16.9 Å². The lowest BCUT2D eigenvalue weighted by atomic mass is 10.1. The van der Waals surface area contributed by atoms with Gasteiger partial charge in [0.2, 0.25) is 11.1 Å². The van der Waals surface area contributed by atoms with Crippen LogP contribution in [0, 0.1) is 13.8 Å². The van der Waals surface area contributed by atoms with E-state index in [4.69, 9.17) is 21.7 Å². The summed E-state index contributed by atoms with van der Waals surface area (Å²) >= 11 is 9.29. The van der Waals surface area contributed by atoms with E-state index in [0.717, 1.165) is 21.3 Å². The van der Waals surface area contributed by atoms with E-state index >= 15 is 0 Å². The number of guanidine groups is 1. The molecule has 1 N–H and O–H groups in total. The standard InChI is InChI=1S/C20H19ClN6S2/c1-12-7-9-15(10-8-12)18-27(26-14(3)28-18)19(23-20-25-24-13(2)29-20)22-17-6-4-5-16(21)11-17/h4-11,18H,1-3H3,(H,22,23,25). The highest BCUT2D eigenvalue weighted by molar-refractivity contribution is 8.14. The molecule has 0 saturated heterocycles. The van der Waals surface area contributed by atoms with Crippen molar-refractivity contribution in [3.05, 3.63) is 69.7 Å². The van der Waals surface area contributed by atoms with Crippen molar-refractivity contribution < 1.29 is 0 Å². The first kappa shape index (κ1) is 19.9. The third-order valence-electron chi connectivity index (χ3n) is 4.13. The van der Waals surface area contributed by atoms with E-state index in [9.17, 15) is 0 Å². The molecular weight excluding hydrogens is 424 g/mol. The second kappa shape index (κ2) is 8.52. The summed E-state index contributed by atoms with van der Waals surface area (Å²) in [5, 5.41) is 21.2. The van der Waals surface area contributed by atoms with Gasteiger partial charge in [0.05, 0.1) is 5.04 Å². The van der Waals surface area contributed by atoms with Crippen LogP contribution in [0.5, 0.6) is 0 Å². The maximum atomic E-state index is 6.17. The summed E-state index contributed by atoms with van der Waals surface area (Å²) in [4.78, 5) is 4.73. The van der Waals surface area contributed by atoms with E-state index in [0.29, 0.717) is 16.1 Å². The lowest BCUT2D eigenvalue weighted by molar-refractivity contribution is 0.438. The van der Waals surface area contributed by atoms with Gasteiger partial charge in [-0.3, -0.25) is 0 Å². The molecule has 1 atom stereocenters. The highest BCUT2D eigenvalue weighted by Gasteiger charge is 2.31. The van der Waals surface area contributed by atoms with Gasteiger partial charge in [-0.15, -0.1) is 10.2 Å². The van der Waals surface area contributed by atoms with Crippen molar-refractivity contribution in [2.75, 3.05) is 5.32 Å². The predicted molar refractivity (Wildman–Crippen MR) is 123 cm³/mol. The summed E-state index contributed by atoms with van der Waals surface area (Å²) in [5.41, 5.74) is 3.19. The Balaban J connectivity index is 1.73. The summed E-state index contributed by atoms with van der Waals surface area (Å²) < 4.78 is 0. The highest BCUT2D eigenvalue weighted by Crippen LogP contribution is 2.40. The number of hydrogen-bond acceptors (Lipinski definition) is 6. The molecule has 9 heteroatoms. The Morgan fingerprint density at radius 3 is 2.59 bits per heavy atom. The number of aryl methyl sites for hydroxylation is 2. The van der Waals surface area contributed by atoms with Gasteiger partial charge in [0.15, 0.2) is 0 Å². The van der Waals surface area contributed by atoms with Crippen LogP contribution in [-0.4, -0.2) is 26.2 Å². The molecule has 1 unspecified atom stereocenters. The lowest BCUT2D eigenvalue weighted by Crippen LogP contribution is -2.32. The molecule has 4 rings (SSSR count). The largest absolute Gasteiger partial charge is 0.324 e. The van der Waals surface area contributed by atoms with Gasteiger partial charge in [0, 0.05) is 10.7 Å². The maximum Gasteiger partial charge on any atom is 0.234 e. The number of aromatic nitrogens is 2. The molecule has 0 fully saturated rings. The first-order valence-electron chi connectivity index (χ1n) is 8.97. The molecule has 0 saturated carbocycles. The number of aliphatic imine (C=N–C) groups is 1. The summed E-state index contributed by atoms with van der Waals surface area (Å²) in [6, 6.07) is 16.0. The molecule has 0 spiro atoms. The molecule has 0 bridgehead atoms. The minimum atomic E-state index is -0.0324. The molecule has 1 aliphatic rings. The fourth-order valence-corrected chi connectivity index (χ4v) is 4.54. The van der Waals surface area contributed by atoms with E-state index in [2.05, 4.69) is 46.7 Å². The Kier molecular flexibility index (Phi) is 5.84. The van der Waals surface area contributed by atoms with Gasteiger partial charge in [-0.05, 0) is 44.5 Å². The number of anilines is 1. The molecule has 0 aliphatic carbocycles. The Bertz CT molecular complexity index is 1080. The highest BCUT2D eigenvalue weighted by atomic mass is 35.5. The lowest BCUT2D eigenvalue weighted by Gasteiger charge is -2.25. The van der Waals surface area contributed by atoms with Crippen LogP contribution in [0.1, 0.15) is 28.4 Å². The predicted octanol–water partition coefficient (Wildman–Crippen LogP) is 5.99. The number of rotatable bonds is 3. The van der Waals surface area contributed by atoms with Crippen LogP contribution in [0.4, 0.5) is 10.8 Å². The van der Waals surface area contributed by atoms with E-state index in [1.807, 2.05) is 43.1 Å². The van der Waals surface area contributed by atoms with Crippen molar-refractivity contribution in [3.63, 3.8) is 0 Å². The number of thioether (sulfide) groups is 1. The number of nitrogens with zero attached hydrogens (tertiary/aromatic N) is 5. The third kappa shape index (κ3) is 4.77. The second-order valence-electron chi connectivity index (χ2n) is 6.52. The Labute approximate surface area is 182 Å². The van der Waals surface area contributed by atoms with Crippen molar-refractivity contribution in [1.29, 1.82) is 0 Å². The Morgan fingerprint density at radius 2 is 1.90 bits per heavy atom. The normalized spacial score (nSPS) is 16.8. The van der Waals surface area contributed by atoms with Crippen LogP contribution < -0.4 is 5.32 Å². The van der Waals surface area contributed by atoms with Gasteiger partial charge < -0.3 is 5.32 Å². The van der Waals surface area contributed by atoms with E-state index in [-0.39, 0.29) is 5.37 Å². The Morgan fingerprint density at radius 1 is 1.10 bits per heavy atom. The number of hydrazone groups is 1. The summed E-state index contributed by atoms with van der Waals surface area (Å²) in [5.74, 6) is 0.568. The van der Waals surface area contributed by atoms with Crippen LogP contribution in [0.15, 0.2) is 58.6 Å². The van der Waals surface area contributed by atoms with Gasteiger partial charge >= 0.3 is 0 Å². The van der Waals surface area contributed by atoms with E-state index in [1.54, 1.807) is 11.8 Å². The van der Waals surface area contributed by atoms with Crippen molar-refractivity contribution >= 4 is 56.5 Å². The number of halogens is 1. The second-order valence-corrected chi connectivity index (χ2v) is 9.39. The first-order chi connectivity index (χ1) is 14.0. The van der Waals surface area contributed by atoms with Crippen molar-refractivity contribution in [2.45, 2.75) is 26.1 Å². The first-order valence-corrected chi connectivity index (χ1v) is 11.0. The van der Waals surface area contributed by atoms with Crippen molar-refractivity contribution in [1.82, 2.24) is 15.2 Å². The molecule has 2 aromatic carbocycles. The van der Waals surface area contributed by atoms with Gasteiger partial charge in [-0.1, -0.05) is 70.6 Å². The topological polar surface area (TPSA) is 65.8 Å². The van der Waals surface area contributed by atoms with Gasteiger partial charge in [-0.2, -0.15) is 10.1 Å². The Hall–Kier alpha value is -2.42. The zero-order valence-corrected chi connectivity index (χ0v) is 18.5. The molecule has 2 heterocycles. The monoisotopic (exact) mass is 442 g/mol. The summed E-state index contributed by atoms with van der Waals surface area (Å²) in [6.45, 7) is 5.98. The zero-order chi connectivity index (χ0) is 20.4. The van der Waals surface area contributed by atoms with Gasteiger partial charge in [0.25, 0.3) is 0 Å². The molecule has 3 aromatic rings. The van der Waals surface area contributed by atoms with E-state index < -0.39 is 0 Å². The summed E-state index contributed by atoms with van der Waals surface area (Å²) in [6.07, 6.45) is 0. The minimum absolute atomic E-state index is 0.0324. The van der Waals surface area contributed by atoms with Gasteiger partial charge in [-0.25, -0.2) is 5.01 Å². The number of nitrogens with one attached hydrogen (secondary N) is 1. The van der Waals surface area contributed by atoms with Crippen LogP contribution in [0.25, 0.3) is 0 Å². The van der Waals surface area contributed by atoms with Crippen LogP contribution in [0.2, 0.25) is 5.02 Å². The molecule has 1 aliphatic heterocycles. The molecule has 6 nitrogen and oxygen atoms in total. The fraction of sp³-hybridized carbons (Fsp3) is 0.200. The molecule has 0 radical (unpaired) electrons. The SMILES string of the molecule is CC1=NN(/C(=N/c2nnc(C)s2)Nc2cccc(Cl)c2)C(c2ccc(C)cc2)S1. The van der Waals surface area contributed by atoms with Crippen LogP contribution in [0.3, 0.4) is 0 Å². The van der Waals surface area contributed by atoms with Crippen LogP contribution in [-0.2, 0) is 0 Å². The zero-order valence-electron chi connectivity index (χ0n) is 16.1. The number of benzene rings is 2. The number of hydrogen-bond donors (Lipinski definition) is 1. The van der Waals surface area contributed by atoms with Gasteiger partial charge in [0.1, 0.15) is 10.4 Å². The van der Waals surface area contributed by atoms with Crippen molar-refractivity contribution in [3.8, 4) is 0 Å². The fourth-order valence-electron chi connectivity index (χ4n) is 2.79. The molecule has 0 amide bonds. The average Bonchev–Trinajstić information content (AvgIpc) is 3.27. The summed E-state index contributed by atoms with van der Waals surface area (Å²) in [7, 11) is 0. The maximum absolute atomic E-state index is 6.17. The smallest absolute Gasteiger partial charge is 0.234 e. The molecule has 29 heavy (non-hydrogen) atoms. The average molecular weight is 443 g/mol. The van der Waals surface area contributed by atoms with Crippen LogP contribution >= 0.6 is 34.7 Å². The molecule has 148 valence electrons. The quantitative estimate of drug-likeness (QED) is 0.398. The third-order valence-corrected chi connectivity index (χ3v) is 6.22. The van der Waals surface area contributed by atoms with Crippen molar-refractivity contribution in [2.24, 2.45) is 10.1 Å².